The van der Waals surface area contributed by atoms with Gasteiger partial charge >= 0.3 is 0 Å². The van der Waals surface area contributed by atoms with E-state index in [1.54, 1.807) is 0 Å². The van der Waals surface area contributed by atoms with Gasteiger partial charge in [0.25, 0.3) is 5.91 Å². The van der Waals surface area contributed by atoms with Gasteiger partial charge in [-0.2, -0.15) is 0 Å². The molecule has 1 amide bonds. The molecule has 7 rings (SSSR count). The first-order chi connectivity index (χ1) is 16.3. The van der Waals surface area contributed by atoms with Gasteiger partial charge in [0.15, 0.2) is 17.3 Å². The number of H-pyrrole nitrogens is 1. The van der Waals surface area contributed by atoms with Crippen LogP contribution in [0.3, 0.4) is 0 Å². The van der Waals surface area contributed by atoms with Crippen molar-refractivity contribution in [2.45, 2.75) is 12.5 Å². The molecule has 2 aromatic heterocycles. The van der Waals surface area contributed by atoms with Crippen molar-refractivity contribution in [3.8, 4) is 11.5 Å². The first-order valence-electron chi connectivity index (χ1n) is 11.0. The van der Waals surface area contributed by atoms with E-state index in [9.17, 15) is 4.79 Å². The van der Waals surface area contributed by atoms with Crippen LogP contribution in [0.5, 0.6) is 11.5 Å². The largest absolute Gasteiger partial charge is 0.454 e. The van der Waals surface area contributed by atoms with Crippen molar-refractivity contribution in [2.24, 2.45) is 0 Å². The number of para-hydroxylation sites is 2. The molecule has 0 radical (unpaired) electrons. The van der Waals surface area contributed by atoms with Crippen LogP contribution in [-0.4, -0.2) is 29.1 Å². The lowest BCUT2D eigenvalue weighted by Crippen LogP contribution is -2.40. The highest BCUT2D eigenvalue weighted by atomic mass is 16.7. The molecule has 33 heavy (non-hydrogen) atoms. The van der Waals surface area contributed by atoms with Crippen LogP contribution in [0.25, 0.3) is 21.9 Å². The van der Waals surface area contributed by atoms with Gasteiger partial charge in [0, 0.05) is 28.5 Å². The standard InChI is InChI=1S/C27H20N2O4/c30-27(24-13-16-5-1-4-8-21(16)33-24)29-12-11-19-18-6-2-3-7-20(18)28-25(19)26(29)17-9-10-22-23(14-17)32-15-31-22/h1-10,13-14,26,28H,11-12,15H2/t26-/m1/s1. The second kappa shape index (κ2) is 6.90. The molecule has 0 bridgehead atoms. The molecule has 6 heteroatoms. The molecule has 1 atom stereocenters. The second-order valence-corrected chi connectivity index (χ2v) is 8.48. The van der Waals surface area contributed by atoms with Gasteiger partial charge in [0.2, 0.25) is 6.79 Å². The Bertz CT molecular complexity index is 1510. The van der Waals surface area contributed by atoms with Gasteiger partial charge in [-0.25, -0.2) is 0 Å². The predicted octanol–water partition coefficient (Wildman–Crippen LogP) is 5.43. The first kappa shape index (κ1) is 18.4. The van der Waals surface area contributed by atoms with Gasteiger partial charge in [-0.3, -0.25) is 4.79 Å². The van der Waals surface area contributed by atoms with Crippen LogP contribution < -0.4 is 9.47 Å². The first-order valence-corrected chi connectivity index (χ1v) is 11.0. The minimum Gasteiger partial charge on any atom is -0.454 e. The second-order valence-electron chi connectivity index (χ2n) is 8.48. The summed E-state index contributed by atoms with van der Waals surface area (Å²) in [4.78, 5) is 19.3. The van der Waals surface area contributed by atoms with Crippen LogP contribution in [0.2, 0.25) is 0 Å². The zero-order valence-corrected chi connectivity index (χ0v) is 17.7. The third-order valence-electron chi connectivity index (χ3n) is 6.64. The number of hydrogen-bond acceptors (Lipinski definition) is 4. The highest BCUT2D eigenvalue weighted by Gasteiger charge is 2.36. The molecule has 4 heterocycles. The number of carbonyl (C=O) groups is 1. The van der Waals surface area contributed by atoms with E-state index in [-0.39, 0.29) is 18.7 Å². The maximum atomic E-state index is 13.8. The van der Waals surface area contributed by atoms with Crippen molar-refractivity contribution in [1.29, 1.82) is 0 Å². The van der Waals surface area contributed by atoms with Crippen molar-refractivity contribution in [1.82, 2.24) is 9.88 Å². The summed E-state index contributed by atoms with van der Waals surface area (Å²) in [5.74, 6) is 1.65. The zero-order valence-electron chi connectivity index (χ0n) is 17.7. The molecule has 0 aliphatic carbocycles. The van der Waals surface area contributed by atoms with Crippen LogP contribution in [0.1, 0.15) is 33.4 Å². The lowest BCUT2D eigenvalue weighted by atomic mass is 9.92. The minimum atomic E-state index is -0.295. The number of furan rings is 1. The average molecular weight is 436 g/mol. The SMILES string of the molecule is O=C(c1cc2ccccc2o1)N1CCc2c([nH]c3ccccc23)[C@H]1c1ccc2c(c1)OCO2. The molecule has 0 saturated carbocycles. The fourth-order valence-electron chi connectivity index (χ4n) is 5.12. The number of ether oxygens (including phenoxy) is 2. The van der Waals surface area contributed by atoms with E-state index >= 15 is 0 Å². The van der Waals surface area contributed by atoms with Gasteiger partial charge in [0.05, 0.1) is 6.04 Å². The van der Waals surface area contributed by atoms with E-state index in [0.717, 1.165) is 34.3 Å². The number of carbonyl (C=O) groups excluding carboxylic acids is 1. The maximum absolute atomic E-state index is 13.8. The fourth-order valence-corrected chi connectivity index (χ4v) is 5.12. The summed E-state index contributed by atoms with van der Waals surface area (Å²) in [6.07, 6.45) is 0.770. The number of benzene rings is 3. The zero-order chi connectivity index (χ0) is 21.9. The summed E-state index contributed by atoms with van der Waals surface area (Å²) < 4.78 is 17.1. The van der Waals surface area contributed by atoms with Crippen molar-refractivity contribution in [3.63, 3.8) is 0 Å². The quantitative estimate of drug-likeness (QED) is 0.401. The molecule has 0 fully saturated rings. The third-order valence-corrected chi connectivity index (χ3v) is 6.64. The maximum Gasteiger partial charge on any atom is 0.290 e. The van der Waals surface area contributed by atoms with Crippen LogP contribution in [-0.2, 0) is 6.42 Å². The number of aromatic amines is 1. The van der Waals surface area contributed by atoms with E-state index in [1.165, 1.54) is 10.9 Å². The minimum absolute atomic E-state index is 0.127. The lowest BCUT2D eigenvalue weighted by Gasteiger charge is -2.35. The predicted molar refractivity (Wildman–Crippen MR) is 124 cm³/mol. The molecule has 0 saturated heterocycles. The Balaban J connectivity index is 1.39. The Morgan fingerprint density at radius 2 is 1.79 bits per heavy atom. The molecule has 162 valence electrons. The lowest BCUT2D eigenvalue weighted by molar-refractivity contribution is 0.0661. The number of fused-ring (bicyclic) bond motifs is 5. The Labute approximate surface area is 189 Å². The van der Waals surface area contributed by atoms with E-state index in [4.69, 9.17) is 13.9 Å². The van der Waals surface area contributed by atoms with Gasteiger partial charge < -0.3 is 23.8 Å². The molecule has 0 spiro atoms. The van der Waals surface area contributed by atoms with E-state index < -0.39 is 0 Å². The highest BCUT2D eigenvalue weighted by molar-refractivity contribution is 5.97. The van der Waals surface area contributed by atoms with Crippen LogP contribution in [0, 0.1) is 0 Å². The number of rotatable bonds is 2. The topological polar surface area (TPSA) is 67.7 Å². The average Bonchev–Trinajstić information content (AvgIpc) is 3.58. The van der Waals surface area contributed by atoms with E-state index in [2.05, 4.69) is 23.2 Å². The number of nitrogens with zero attached hydrogens (tertiary/aromatic N) is 1. The molecule has 3 aromatic carbocycles. The summed E-state index contributed by atoms with van der Waals surface area (Å²) in [6, 6.07) is 23.4. The smallest absolute Gasteiger partial charge is 0.290 e. The number of amides is 1. The van der Waals surface area contributed by atoms with Crippen LogP contribution >= 0.6 is 0 Å². The monoisotopic (exact) mass is 436 g/mol. The molecule has 2 aliphatic heterocycles. The highest BCUT2D eigenvalue weighted by Crippen LogP contribution is 2.42. The number of hydrogen-bond donors (Lipinski definition) is 1. The Kier molecular flexibility index (Phi) is 3.85. The Morgan fingerprint density at radius 1 is 0.939 bits per heavy atom. The number of aromatic nitrogens is 1. The molecule has 0 unspecified atom stereocenters. The van der Waals surface area contributed by atoms with Crippen LogP contribution in [0.15, 0.2) is 77.2 Å². The van der Waals surface area contributed by atoms with Crippen LogP contribution in [0.4, 0.5) is 0 Å². The van der Waals surface area contributed by atoms with Crippen molar-refractivity contribution < 1.29 is 18.7 Å². The Morgan fingerprint density at radius 3 is 2.73 bits per heavy atom. The van der Waals surface area contributed by atoms with Gasteiger partial charge in [-0.05, 0) is 47.9 Å². The fraction of sp³-hybridized carbons (Fsp3) is 0.148. The Hall–Kier alpha value is -4.19. The van der Waals surface area contributed by atoms with Gasteiger partial charge in [-0.1, -0.05) is 42.5 Å². The van der Waals surface area contributed by atoms with Crippen molar-refractivity contribution in [2.75, 3.05) is 13.3 Å². The summed E-state index contributed by atoms with van der Waals surface area (Å²) in [7, 11) is 0. The van der Waals surface area contributed by atoms with Crippen molar-refractivity contribution in [3.05, 3.63) is 95.4 Å². The molecule has 2 aliphatic rings. The van der Waals surface area contributed by atoms with Gasteiger partial charge in [0.1, 0.15) is 5.58 Å². The normalized spacial score (nSPS) is 17.0. The van der Waals surface area contributed by atoms with E-state index in [1.807, 2.05) is 59.5 Å². The van der Waals surface area contributed by atoms with E-state index in [0.29, 0.717) is 23.6 Å². The molecular formula is C27H20N2O4. The molecule has 6 nitrogen and oxygen atoms in total. The summed E-state index contributed by atoms with van der Waals surface area (Å²) >= 11 is 0. The summed E-state index contributed by atoms with van der Waals surface area (Å²) in [6.45, 7) is 0.798. The van der Waals surface area contributed by atoms with Crippen molar-refractivity contribution >= 4 is 27.8 Å². The summed E-state index contributed by atoms with van der Waals surface area (Å²) in [5.41, 5.74) is 5.04. The third kappa shape index (κ3) is 2.77. The molecule has 1 N–H and O–H groups in total. The molecular weight excluding hydrogens is 416 g/mol. The number of nitrogens with one attached hydrogen (secondary N) is 1. The van der Waals surface area contributed by atoms with Gasteiger partial charge in [-0.15, -0.1) is 0 Å². The summed E-state index contributed by atoms with van der Waals surface area (Å²) in [5, 5.41) is 2.12. The molecule has 5 aromatic rings.